The maximum absolute atomic E-state index is 3.53. The summed E-state index contributed by atoms with van der Waals surface area (Å²) in [7, 11) is 3.53. The van der Waals surface area contributed by atoms with E-state index < -0.39 is 0 Å². The summed E-state index contributed by atoms with van der Waals surface area (Å²) in [5.74, 6) is 0. The lowest BCUT2D eigenvalue weighted by atomic mass is 10.0. The van der Waals surface area contributed by atoms with Gasteiger partial charge in [-0.05, 0) is 0 Å². The lowest BCUT2D eigenvalue weighted by Crippen LogP contribution is -1.83. The Labute approximate surface area is 113 Å². The Morgan fingerprint density at radius 1 is 0.471 bits per heavy atom. The third-order valence-electron chi connectivity index (χ3n) is 3.53. The molecule has 0 aliphatic carbocycles. The topological polar surface area (TPSA) is 0 Å². The fraction of sp³-hybridized carbons (Fsp3) is 1.00. The minimum Gasteiger partial charge on any atom is -0.0654 e. The lowest BCUT2D eigenvalue weighted by Gasteiger charge is -2.02. The SMILES string of the molecule is CCCCCCCCCCCCCCCC[Si]. The standard InChI is InChI=1S/C16H33Si/c1-2-3-4-5-6-7-8-9-10-11-12-13-14-15-16-17/h2-16H2,1H3. The van der Waals surface area contributed by atoms with Gasteiger partial charge in [-0.1, -0.05) is 103 Å². The van der Waals surface area contributed by atoms with Gasteiger partial charge in [0.2, 0.25) is 0 Å². The fourth-order valence-corrected chi connectivity index (χ4v) is 2.57. The molecule has 0 aromatic carbocycles. The fourth-order valence-electron chi connectivity index (χ4n) is 2.32. The van der Waals surface area contributed by atoms with Crippen LogP contribution in [0, 0.1) is 0 Å². The molecule has 0 aliphatic heterocycles. The average Bonchev–Trinajstić information content (AvgIpc) is 2.35. The van der Waals surface area contributed by atoms with Crippen molar-refractivity contribution < 1.29 is 0 Å². The normalized spacial score (nSPS) is 10.9. The van der Waals surface area contributed by atoms with Crippen molar-refractivity contribution in [2.45, 2.75) is 103 Å². The minimum atomic E-state index is 1.18. The molecule has 0 atom stereocenters. The van der Waals surface area contributed by atoms with Crippen molar-refractivity contribution in [1.82, 2.24) is 0 Å². The Kier molecular flexibility index (Phi) is 16.4. The van der Waals surface area contributed by atoms with Crippen molar-refractivity contribution in [2.24, 2.45) is 0 Å². The Balaban J connectivity index is 2.85. The van der Waals surface area contributed by atoms with E-state index in [9.17, 15) is 0 Å². The van der Waals surface area contributed by atoms with E-state index in [0.29, 0.717) is 0 Å². The van der Waals surface area contributed by atoms with Gasteiger partial charge in [-0.25, -0.2) is 0 Å². The van der Waals surface area contributed by atoms with Crippen LogP contribution in [0.15, 0.2) is 0 Å². The third kappa shape index (κ3) is 16.2. The molecule has 0 fully saturated rings. The van der Waals surface area contributed by atoms with Gasteiger partial charge in [0.15, 0.2) is 0 Å². The average molecular weight is 254 g/mol. The summed E-state index contributed by atoms with van der Waals surface area (Å²) in [6.45, 7) is 2.29. The molecule has 0 rings (SSSR count). The van der Waals surface area contributed by atoms with Crippen molar-refractivity contribution in [3.8, 4) is 0 Å². The molecule has 0 heterocycles. The minimum absolute atomic E-state index is 1.18. The van der Waals surface area contributed by atoms with Gasteiger partial charge in [-0.2, -0.15) is 0 Å². The zero-order valence-electron chi connectivity index (χ0n) is 12.1. The molecule has 0 saturated heterocycles. The Morgan fingerprint density at radius 2 is 0.765 bits per heavy atom. The lowest BCUT2D eigenvalue weighted by molar-refractivity contribution is 0.538. The highest BCUT2D eigenvalue weighted by Gasteiger charge is 1.93. The van der Waals surface area contributed by atoms with Crippen LogP contribution in [-0.4, -0.2) is 10.2 Å². The van der Waals surface area contributed by atoms with E-state index in [0.717, 1.165) is 0 Å². The summed E-state index contributed by atoms with van der Waals surface area (Å²) >= 11 is 0. The van der Waals surface area contributed by atoms with Gasteiger partial charge in [0.25, 0.3) is 0 Å². The van der Waals surface area contributed by atoms with Crippen LogP contribution in [0.2, 0.25) is 6.04 Å². The van der Waals surface area contributed by atoms with Crippen molar-refractivity contribution in [3.63, 3.8) is 0 Å². The smallest absolute Gasteiger partial charge is 0.0222 e. The van der Waals surface area contributed by atoms with Crippen molar-refractivity contribution in [1.29, 1.82) is 0 Å². The molecule has 0 N–H and O–H groups in total. The van der Waals surface area contributed by atoms with Crippen LogP contribution in [0.3, 0.4) is 0 Å². The predicted octanol–water partition coefficient (Wildman–Crippen LogP) is 6.05. The molecule has 0 unspecified atom stereocenters. The monoisotopic (exact) mass is 253 g/mol. The number of hydrogen-bond donors (Lipinski definition) is 0. The number of hydrogen-bond acceptors (Lipinski definition) is 0. The van der Waals surface area contributed by atoms with Crippen LogP contribution >= 0.6 is 0 Å². The zero-order valence-corrected chi connectivity index (χ0v) is 13.1. The van der Waals surface area contributed by atoms with Crippen LogP contribution in [0.1, 0.15) is 96.8 Å². The second-order valence-corrected chi connectivity index (χ2v) is 5.85. The molecule has 101 valence electrons. The highest BCUT2D eigenvalue weighted by atomic mass is 28.1. The molecule has 0 saturated carbocycles. The first-order valence-corrected chi connectivity index (χ1v) is 8.77. The van der Waals surface area contributed by atoms with E-state index in [1.165, 1.54) is 95.9 Å². The highest BCUT2D eigenvalue weighted by Crippen LogP contribution is 2.12. The van der Waals surface area contributed by atoms with E-state index in [1.54, 1.807) is 0 Å². The van der Waals surface area contributed by atoms with Crippen molar-refractivity contribution in [3.05, 3.63) is 0 Å². The molecular weight excluding hydrogens is 220 g/mol. The third-order valence-corrected chi connectivity index (χ3v) is 3.88. The van der Waals surface area contributed by atoms with E-state index in [1.807, 2.05) is 0 Å². The largest absolute Gasteiger partial charge is 0.0654 e. The molecule has 0 aromatic heterocycles. The molecule has 0 aromatic rings. The van der Waals surface area contributed by atoms with Crippen LogP contribution < -0.4 is 0 Å². The second-order valence-electron chi connectivity index (χ2n) is 5.35. The van der Waals surface area contributed by atoms with E-state index in [-0.39, 0.29) is 0 Å². The van der Waals surface area contributed by atoms with Gasteiger partial charge >= 0.3 is 0 Å². The molecule has 17 heavy (non-hydrogen) atoms. The van der Waals surface area contributed by atoms with Gasteiger partial charge < -0.3 is 0 Å². The van der Waals surface area contributed by atoms with Crippen molar-refractivity contribution >= 4 is 10.2 Å². The molecular formula is C16H33Si. The maximum atomic E-state index is 3.53. The summed E-state index contributed by atoms with van der Waals surface area (Å²) in [5, 5.41) is 0. The quantitative estimate of drug-likeness (QED) is 0.261. The van der Waals surface area contributed by atoms with E-state index >= 15 is 0 Å². The van der Waals surface area contributed by atoms with E-state index in [4.69, 9.17) is 0 Å². The van der Waals surface area contributed by atoms with Crippen molar-refractivity contribution in [2.75, 3.05) is 0 Å². The molecule has 0 spiro atoms. The van der Waals surface area contributed by atoms with Gasteiger partial charge in [-0.15, -0.1) is 0 Å². The first-order chi connectivity index (χ1) is 8.41. The van der Waals surface area contributed by atoms with Crippen LogP contribution in [0.5, 0.6) is 0 Å². The molecule has 1 heteroatoms. The predicted molar refractivity (Wildman–Crippen MR) is 80.9 cm³/mol. The number of rotatable bonds is 14. The van der Waals surface area contributed by atoms with Crippen LogP contribution in [-0.2, 0) is 0 Å². The summed E-state index contributed by atoms with van der Waals surface area (Å²) in [6, 6.07) is 1.18. The van der Waals surface area contributed by atoms with Gasteiger partial charge in [-0.3, -0.25) is 0 Å². The Morgan fingerprint density at radius 3 is 1.06 bits per heavy atom. The molecule has 3 radical (unpaired) electrons. The maximum Gasteiger partial charge on any atom is 0.0222 e. The zero-order chi connectivity index (χ0) is 12.6. The van der Waals surface area contributed by atoms with Crippen LogP contribution in [0.25, 0.3) is 0 Å². The summed E-state index contributed by atoms with van der Waals surface area (Å²) < 4.78 is 0. The molecule has 0 amide bonds. The first kappa shape index (κ1) is 17.2. The van der Waals surface area contributed by atoms with Gasteiger partial charge in [0.1, 0.15) is 0 Å². The van der Waals surface area contributed by atoms with Gasteiger partial charge in [0.05, 0.1) is 0 Å². The van der Waals surface area contributed by atoms with Gasteiger partial charge in [0, 0.05) is 10.2 Å². The second kappa shape index (κ2) is 16.2. The van der Waals surface area contributed by atoms with E-state index in [2.05, 4.69) is 17.2 Å². The first-order valence-electron chi connectivity index (χ1n) is 8.06. The molecule has 0 aliphatic rings. The Hall–Kier alpha value is 0.217. The highest BCUT2D eigenvalue weighted by molar-refractivity contribution is 6.08. The summed E-state index contributed by atoms with van der Waals surface area (Å²) in [6.07, 6.45) is 20.3. The number of unbranched alkanes of at least 4 members (excludes halogenated alkanes) is 13. The summed E-state index contributed by atoms with van der Waals surface area (Å²) in [4.78, 5) is 0. The molecule has 0 bridgehead atoms. The van der Waals surface area contributed by atoms with Crippen LogP contribution in [0.4, 0.5) is 0 Å². The molecule has 0 nitrogen and oxygen atoms in total. The summed E-state index contributed by atoms with van der Waals surface area (Å²) in [5.41, 5.74) is 0. The Bertz CT molecular complexity index is 109.